The SMILES string of the molecule is COc1cc(C(=O)N2C[C@H]3CCC[C@H]3C2)cc(NC(=O)C2CCC(=O)N2)c1OC. The van der Waals surface area contributed by atoms with E-state index in [9.17, 15) is 14.4 Å². The normalized spacial score (nSPS) is 25.5. The molecule has 3 aliphatic rings. The van der Waals surface area contributed by atoms with Gasteiger partial charge in [0.2, 0.25) is 11.8 Å². The Labute approximate surface area is 169 Å². The van der Waals surface area contributed by atoms with E-state index in [1.165, 1.54) is 33.5 Å². The Balaban J connectivity index is 1.58. The monoisotopic (exact) mass is 401 g/mol. The summed E-state index contributed by atoms with van der Waals surface area (Å²) in [7, 11) is 2.98. The second-order valence-corrected chi connectivity index (χ2v) is 8.07. The number of hydrogen-bond acceptors (Lipinski definition) is 5. The number of methoxy groups -OCH3 is 2. The third-order valence-electron chi connectivity index (χ3n) is 6.31. The van der Waals surface area contributed by atoms with Gasteiger partial charge >= 0.3 is 0 Å². The molecule has 0 aromatic heterocycles. The lowest BCUT2D eigenvalue weighted by Crippen LogP contribution is -2.37. The third kappa shape index (κ3) is 3.75. The largest absolute Gasteiger partial charge is 0.493 e. The molecule has 0 radical (unpaired) electrons. The van der Waals surface area contributed by atoms with Gasteiger partial charge in [0.05, 0.1) is 19.9 Å². The molecule has 1 aliphatic carbocycles. The molecule has 2 N–H and O–H groups in total. The molecule has 3 fully saturated rings. The van der Waals surface area contributed by atoms with Gasteiger partial charge in [0.15, 0.2) is 11.5 Å². The molecule has 2 heterocycles. The number of carbonyl (C=O) groups excluding carboxylic acids is 3. The predicted octanol–water partition coefficient (Wildman–Crippen LogP) is 1.79. The van der Waals surface area contributed by atoms with E-state index in [0.717, 1.165) is 13.1 Å². The van der Waals surface area contributed by atoms with Gasteiger partial charge in [0, 0.05) is 25.1 Å². The van der Waals surface area contributed by atoms with Crippen LogP contribution in [0.1, 0.15) is 42.5 Å². The number of nitrogens with zero attached hydrogens (tertiary/aromatic N) is 1. The highest BCUT2D eigenvalue weighted by Gasteiger charge is 2.38. The highest BCUT2D eigenvalue weighted by molar-refractivity contribution is 6.02. The summed E-state index contributed by atoms with van der Waals surface area (Å²) in [6, 6.07) is 2.70. The Hall–Kier alpha value is -2.77. The van der Waals surface area contributed by atoms with Crippen molar-refractivity contribution in [1.82, 2.24) is 10.2 Å². The number of amides is 3. The van der Waals surface area contributed by atoms with E-state index in [1.54, 1.807) is 12.1 Å². The van der Waals surface area contributed by atoms with Gasteiger partial charge in [-0.25, -0.2) is 0 Å². The highest BCUT2D eigenvalue weighted by Crippen LogP contribution is 2.40. The fourth-order valence-corrected chi connectivity index (χ4v) is 4.79. The highest BCUT2D eigenvalue weighted by atomic mass is 16.5. The topological polar surface area (TPSA) is 97.0 Å². The van der Waals surface area contributed by atoms with Crippen LogP contribution in [-0.4, -0.2) is 56.0 Å². The van der Waals surface area contributed by atoms with E-state index >= 15 is 0 Å². The molecule has 8 heteroatoms. The predicted molar refractivity (Wildman–Crippen MR) is 106 cm³/mol. The first-order chi connectivity index (χ1) is 14.0. The summed E-state index contributed by atoms with van der Waals surface area (Å²) in [6.07, 6.45) is 4.40. The maximum absolute atomic E-state index is 13.1. The van der Waals surface area contributed by atoms with Crippen LogP contribution in [0, 0.1) is 11.8 Å². The molecular formula is C21H27N3O5. The van der Waals surface area contributed by atoms with Crippen LogP contribution in [0.5, 0.6) is 11.5 Å². The van der Waals surface area contributed by atoms with Gasteiger partial charge in [-0.3, -0.25) is 14.4 Å². The molecule has 1 unspecified atom stereocenters. The van der Waals surface area contributed by atoms with E-state index in [0.29, 0.717) is 47.4 Å². The lowest BCUT2D eigenvalue weighted by atomic mass is 10.0. The number of ether oxygens (including phenoxy) is 2. The average Bonchev–Trinajstić information content (AvgIpc) is 3.42. The van der Waals surface area contributed by atoms with Crippen LogP contribution in [0.3, 0.4) is 0 Å². The molecule has 1 aromatic rings. The Morgan fingerprint density at radius 2 is 1.83 bits per heavy atom. The fraction of sp³-hybridized carbons (Fsp3) is 0.571. The number of nitrogens with one attached hydrogen (secondary N) is 2. The van der Waals surface area contributed by atoms with Crippen molar-refractivity contribution in [2.24, 2.45) is 11.8 Å². The standard InChI is InChI=1S/C21H27N3O5/c1-28-17-9-14(21(27)24-10-12-4-3-5-13(12)11-24)8-16(19(17)29-2)23-20(26)15-6-7-18(25)22-15/h8-9,12-13,15H,3-7,10-11H2,1-2H3,(H,22,25)(H,23,26)/t12-,13+,15?. The molecule has 3 amide bonds. The van der Waals surface area contributed by atoms with Crippen LogP contribution in [0.4, 0.5) is 5.69 Å². The Morgan fingerprint density at radius 3 is 2.41 bits per heavy atom. The fourth-order valence-electron chi connectivity index (χ4n) is 4.79. The molecule has 2 saturated heterocycles. The lowest BCUT2D eigenvalue weighted by molar-refractivity contribution is -0.122. The minimum Gasteiger partial charge on any atom is -0.493 e. The third-order valence-corrected chi connectivity index (χ3v) is 6.31. The number of fused-ring (bicyclic) bond motifs is 1. The molecule has 3 atom stereocenters. The number of carbonyl (C=O) groups is 3. The van der Waals surface area contributed by atoms with Crippen LogP contribution in [0.2, 0.25) is 0 Å². The smallest absolute Gasteiger partial charge is 0.254 e. The van der Waals surface area contributed by atoms with E-state index in [-0.39, 0.29) is 17.7 Å². The first-order valence-electron chi connectivity index (χ1n) is 10.2. The maximum Gasteiger partial charge on any atom is 0.254 e. The van der Waals surface area contributed by atoms with Gasteiger partial charge in [-0.1, -0.05) is 6.42 Å². The summed E-state index contributed by atoms with van der Waals surface area (Å²) < 4.78 is 10.8. The molecule has 156 valence electrons. The van der Waals surface area contributed by atoms with Gasteiger partial charge in [-0.15, -0.1) is 0 Å². The maximum atomic E-state index is 13.1. The summed E-state index contributed by atoms with van der Waals surface area (Å²) in [5.74, 6) is 1.39. The number of anilines is 1. The van der Waals surface area contributed by atoms with Crippen LogP contribution in [0.15, 0.2) is 12.1 Å². The Bertz CT molecular complexity index is 828. The molecule has 8 nitrogen and oxygen atoms in total. The summed E-state index contributed by atoms with van der Waals surface area (Å²) in [5.41, 5.74) is 0.814. The van der Waals surface area contributed by atoms with Crippen molar-refractivity contribution in [3.05, 3.63) is 17.7 Å². The van der Waals surface area contributed by atoms with Crippen LogP contribution in [0.25, 0.3) is 0 Å². The van der Waals surface area contributed by atoms with E-state index in [1.807, 2.05) is 4.90 Å². The van der Waals surface area contributed by atoms with Crippen molar-refractivity contribution >= 4 is 23.4 Å². The van der Waals surface area contributed by atoms with Gasteiger partial charge in [0.1, 0.15) is 6.04 Å². The first kappa shape index (κ1) is 19.5. The molecule has 1 saturated carbocycles. The van der Waals surface area contributed by atoms with Crippen molar-refractivity contribution in [3.63, 3.8) is 0 Å². The number of likely N-dealkylation sites (tertiary alicyclic amines) is 1. The zero-order valence-corrected chi connectivity index (χ0v) is 16.8. The van der Waals surface area contributed by atoms with Crippen LogP contribution in [-0.2, 0) is 9.59 Å². The van der Waals surface area contributed by atoms with E-state index < -0.39 is 6.04 Å². The molecule has 29 heavy (non-hydrogen) atoms. The molecule has 4 rings (SSSR count). The van der Waals surface area contributed by atoms with Crippen molar-refractivity contribution in [2.75, 3.05) is 32.6 Å². The Kier molecular flexibility index (Phi) is 5.34. The lowest BCUT2D eigenvalue weighted by Gasteiger charge is -2.21. The Morgan fingerprint density at radius 1 is 1.10 bits per heavy atom. The zero-order valence-electron chi connectivity index (χ0n) is 16.8. The van der Waals surface area contributed by atoms with Gasteiger partial charge < -0.3 is 25.0 Å². The summed E-state index contributed by atoms with van der Waals surface area (Å²) >= 11 is 0. The molecule has 0 spiro atoms. The van der Waals surface area contributed by atoms with Crippen LogP contribution < -0.4 is 20.1 Å². The zero-order chi connectivity index (χ0) is 20.5. The number of hydrogen-bond donors (Lipinski definition) is 2. The molecule has 0 bridgehead atoms. The van der Waals surface area contributed by atoms with Gasteiger partial charge in [-0.05, 0) is 43.2 Å². The summed E-state index contributed by atoms with van der Waals surface area (Å²) in [4.78, 5) is 39.0. The second kappa shape index (κ2) is 7.93. The van der Waals surface area contributed by atoms with Crippen molar-refractivity contribution in [3.8, 4) is 11.5 Å². The number of benzene rings is 1. The van der Waals surface area contributed by atoms with Crippen molar-refractivity contribution in [2.45, 2.75) is 38.1 Å². The van der Waals surface area contributed by atoms with Gasteiger partial charge in [-0.2, -0.15) is 0 Å². The number of rotatable bonds is 5. The molecule has 1 aromatic carbocycles. The van der Waals surface area contributed by atoms with Crippen molar-refractivity contribution in [1.29, 1.82) is 0 Å². The average molecular weight is 401 g/mol. The van der Waals surface area contributed by atoms with E-state index in [4.69, 9.17) is 9.47 Å². The quantitative estimate of drug-likeness (QED) is 0.784. The summed E-state index contributed by atoms with van der Waals surface area (Å²) in [5, 5.41) is 5.44. The van der Waals surface area contributed by atoms with Crippen molar-refractivity contribution < 1.29 is 23.9 Å². The minimum absolute atomic E-state index is 0.0648. The molecular weight excluding hydrogens is 374 g/mol. The summed E-state index contributed by atoms with van der Waals surface area (Å²) in [6.45, 7) is 1.57. The van der Waals surface area contributed by atoms with Crippen LogP contribution >= 0.6 is 0 Å². The van der Waals surface area contributed by atoms with Gasteiger partial charge in [0.25, 0.3) is 5.91 Å². The molecule has 2 aliphatic heterocycles. The van der Waals surface area contributed by atoms with E-state index in [2.05, 4.69) is 10.6 Å². The first-order valence-corrected chi connectivity index (χ1v) is 10.2. The second-order valence-electron chi connectivity index (χ2n) is 8.07. The minimum atomic E-state index is -0.587.